The molecule has 1 heterocycles. The molecule has 1 saturated heterocycles. The van der Waals surface area contributed by atoms with Crippen molar-refractivity contribution in [2.75, 3.05) is 27.2 Å². The number of nitrogens with zero attached hydrogens (tertiary/aromatic N) is 2. The van der Waals surface area contributed by atoms with Gasteiger partial charge in [0.05, 0.1) is 20.1 Å². The van der Waals surface area contributed by atoms with Gasteiger partial charge in [-0.3, -0.25) is 4.79 Å². The van der Waals surface area contributed by atoms with Crippen molar-refractivity contribution < 1.29 is 19.1 Å². The first-order valence-corrected chi connectivity index (χ1v) is 13.6. The molecule has 0 radical (unpaired) electrons. The largest absolute Gasteiger partial charge is 0.496 e. The van der Waals surface area contributed by atoms with Crippen molar-refractivity contribution in [1.82, 2.24) is 15.1 Å². The van der Waals surface area contributed by atoms with E-state index >= 15 is 0 Å². The Labute approximate surface area is 236 Å². The number of likely N-dealkylation sites (tertiary alicyclic amines) is 1. The lowest BCUT2D eigenvalue weighted by Gasteiger charge is -2.33. The first kappa shape index (κ1) is 27.8. The van der Waals surface area contributed by atoms with E-state index in [2.05, 4.69) is 21.2 Å². The van der Waals surface area contributed by atoms with Crippen LogP contribution in [0.3, 0.4) is 0 Å². The highest BCUT2D eigenvalue weighted by molar-refractivity contribution is 9.10. The fourth-order valence-corrected chi connectivity index (χ4v) is 4.94. The summed E-state index contributed by atoms with van der Waals surface area (Å²) in [5, 5.41) is 3.70. The zero-order chi connectivity index (χ0) is 27.1. The van der Waals surface area contributed by atoms with Gasteiger partial charge in [-0.1, -0.05) is 57.9 Å². The number of carbonyl (C=O) groups is 2. The lowest BCUT2D eigenvalue weighted by atomic mass is 10.0. The molecule has 200 valence electrons. The number of urea groups is 1. The molecule has 0 atom stereocenters. The van der Waals surface area contributed by atoms with E-state index in [-0.39, 0.29) is 18.0 Å². The number of piperidine rings is 1. The van der Waals surface area contributed by atoms with Crippen molar-refractivity contribution in [3.63, 3.8) is 0 Å². The van der Waals surface area contributed by atoms with Crippen LogP contribution in [0.25, 0.3) is 0 Å². The molecule has 4 rings (SSSR count). The summed E-state index contributed by atoms with van der Waals surface area (Å²) in [6.45, 7) is 1.57. The number of benzene rings is 3. The lowest BCUT2D eigenvalue weighted by Crippen LogP contribution is -2.49. The third-order valence-electron chi connectivity index (χ3n) is 6.52. The van der Waals surface area contributed by atoms with Crippen LogP contribution in [0.4, 0.5) is 4.79 Å². The van der Waals surface area contributed by atoms with Gasteiger partial charge in [-0.15, -0.1) is 0 Å². The molecule has 9 heteroatoms. The van der Waals surface area contributed by atoms with Crippen molar-refractivity contribution in [3.05, 3.63) is 87.4 Å². The smallest absolute Gasteiger partial charge is 0.317 e. The third kappa shape index (κ3) is 7.42. The van der Waals surface area contributed by atoms with Gasteiger partial charge in [0.1, 0.15) is 17.2 Å². The van der Waals surface area contributed by atoms with Crippen molar-refractivity contribution in [3.8, 4) is 17.2 Å². The summed E-state index contributed by atoms with van der Waals surface area (Å²) in [4.78, 5) is 29.3. The van der Waals surface area contributed by atoms with Crippen molar-refractivity contribution in [2.24, 2.45) is 0 Å². The summed E-state index contributed by atoms with van der Waals surface area (Å²) < 4.78 is 12.3. The molecular formula is C29H31BrClN3O4. The number of hydrogen-bond donors (Lipinski definition) is 1. The summed E-state index contributed by atoms with van der Waals surface area (Å²) in [5.41, 5.74) is 1.74. The highest BCUT2D eigenvalue weighted by atomic mass is 79.9. The monoisotopic (exact) mass is 599 g/mol. The normalized spacial score (nSPS) is 13.6. The van der Waals surface area contributed by atoms with Crippen molar-refractivity contribution in [2.45, 2.75) is 31.8 Å². The maximum Gasteiger partial charge on any atom is 0.317 e. The van der Waals surface area contributed by atoms with Gasteiger partial charge >= 0.3 is 6.03 Å². The molecule has 0 unspecified atom stereocenters. The second kappa shape index (κ2) is 13.0. The number of nitrogens with one attached hydrogen (secondary N) is 1. The summed E-state index contributed by atoms with van der Waals surface area (Å²) in [6.07, 6.45) is 1.72. The third-order valence-corrected chi connectivity index (χ3v) is 7.25. The maximum absolute atomic E-state index is 13.0. The summed E-state index contributed by atoms with van der Waals surface area (Å²) in [5.74, 6) is 2.05. The molecule has 0 saturated carbocycles. The minimum absolute atomic E-state index is 0.00682. The van der Waals surface area contributed by atoms with E-state index in [1.165, 1.54) is 0 Å². The van der Waals surface area contributed by atoms with Gasteiger partial charge in [-0.2, -0.15) is 0 Å². The molecule has 3 aromatic rings. The van der Waals surface area contributed by atoms with E-state index < -0.39 is 0 Å². The number of rotatable bonds is 8. The Kier molecular flexibility index (Phi) is 9.53. The van der Waals surface area contributed by atoms with Crippen LogP contribution in [0.15, 0.2) is 71.2 Å². The molecule has 1 fully saturated rings. The number of methoxy groups -OCH3 is 1. The molecule has 3 amide bonds. The molecule has 3 aromatic carbocycles. The van der Waals surface area contributed by atoms with Gasteiger partial charge in [0.15, 0.2) is 0 Å². The van der Waals surface area contributed by atoms with Crippen LogP contribution in [0.1, 0.15) is 24.0 Å². The standard InChI is InChI=1S/C29H31BrClN3O4/c1-33(19-21-10-11-22(30)17-27(21)38-25-8-5-7-23(31)18-25)29(36)32-24-12-14-34(15-13-24)28(35)16-20-6-3-4-9-26(20)37-2/h3-11,17-18,24H,12-16,19H2,1-2H3,(H,32,36). The minimum Gasteiger partial charge on any atom is -0.496 e. The fraction of sp³-hybridized carbons (Fsp3) is 0.310. The van der Waals surface area contributed by atoms with E-state index in [1.54, 1.807) is 31.2 Å². The second-order valence-electron chi connectivity index (χ2n) is 9.26. The highest BCUT2D eigenvalue weighted by Crippen LogP contribution is 2.31. The fourth-order valence-electron chi connectivity index (χ4n) is 4.42. The Balaban J connectivity index is 1.29. The van der Waals surface area contributed by atoms with Gasteiger partial charge in [-0.05, 0) is 49.2 Å². The molecule has 0 spiro atoms. The van der Waals surface area contributed by atoms with E-state index in [1.807, 2.05) is 59.5 Å². The molecule has 1 aliphatic heterocycles. The molecule has 0 aromatic heterocycles. The van der Waals surface area contributed by atoms with Crippen LogP contribution < -0.4 is 14.8 Å². The molecular weight excluding hydrogens is 570 g/mol. The Hall–Kier alpha value is -3.23. The predicted molar refractivity (Wildman–Crippen MR) is 152 cm³/mol. The van der Waals surface area contributed by atoms with Crippen LogP contribution in [-0.4, -0.2) is 55.0 Å². The number of ether oxygens (including phenoxy) is 2. The molecule has 0 bridgehead atoms. The second-order valence-corrected chi connectivity index (χ2v) is 10.6. The maximum atomic E-state index is 13.0. The quantitative estimate of drug-likeness (QED) is 0.331. The highest BCUT2D eigenvalue weighted by Gasteiger charge is 2.25. The number of amides is 3. The van der Waals surface area contributed by atoms with Gasteiger partial charge in [0.25, 0.3) is 0 Å². The van der Waals surface area contributed by atoms with Crippen molar-refractivity contribution >= 4 is 39.5 Å². The molecule has 1 N–H and O–H groups in total. The van der Waals surface area contributed by atoms with Crippen LogP contribution in [0, 0.1) is 0 Å². The molecule has 0 aliphatic carbocycles. The van der Waals surface area contributed by atoms with E-state index in [0.29, 0.717) is 55.4 Å². The van der Waals surface area contributed by atoms with Gasteiger partial charge in [0.2, 0.25) is 5.91 Å². The Bertz CT molecular complexity index is 1280. The van der Waals surface area contributed by atoms with Crippen LogP contribution in [0.5, 0.6) is 17.2 Å². The molecule has 7 nitrogen and oxygen atoms in total. The lowest BCUT2D eigenvalue weighted by molar-refractivity contribution is -0.131. The van der Waals surface area contributed by atoms with Crippen molar-refractivity contribution in [1.29, 1.82) is 0 Å². The SMILES string of the molecule is COc1ccccc1CC(=O)N1CCC(NC(=O)N(C)Cc2ccc(Br)cc2Oc2cccc(Cl)c2)CC1. The first-order chi connectivity index (χ1) is 18.3. The van der Waals surface area contributed by atoms with E-state index in [9.17, 15) is 9.59 Å². The molecule has 38 heavy (non-hydrogen) atoms. The Morgan fingerprint density at radius 1 is 1.03 bits per heavy atom. The zero-order valence-electron chi connectivity index (χ0n) is 21.5. The summed E-state index contributed by atoms with van der Waals surface area (Å²) in [7, 11) is 3.37. The minimum atomic E-state index is -0.166. The molecule has 1 aliphatic rings. The van der Waals surface area contributed by atoms with E-state index in [4.69, 9.17) is 21.1 Å². The Morgan fingerprint density at radius 3 is 2.53 bits per heavy atom. The van der Waals surface area contributed by atoms with E-state index in [0.717, 1.165) is 21.3 Å². The number of hydrogen-bond acceptors (Lipinski definition) is 4. The first-order valence-electron chi connectivity index (χ1n) is 12.5. The zero-order valence-corrected chi connectivity index (χ0v) is 23.8. The van der Waals surface area contributed by atoms with Crippen LogP contribution in [0.2, 0.25) is 5.02 Å². The number of carbonyl (C=O) groups excluding carboxylic acids is 2. The summed E-state index contributed by atoms with van der Waals surface area (Å²) >= 11 is 9.59. The summed E-state index contributed by atoms with van der Waals surface area (Å²) in [6, 6.07) is 20.3. The van der Waals surface area contributed by atoms with Gasteiger partial charge < -0.3 is 24.6 Å². The predicted octanol–water partition coefficient (Wildman–Crippen LogP) is 6.28. The number of para-hydroxylation sites is 1. The number of halogens is 2. The van der Waals surface area contributed by atoms with Crippen LogP contribution >= 0.6 is 27.5 Å². The van der Waals surface area contributed by atoms with Gasteiger partial charge in [0, 0.05) is 46.8 Å². The average Bonchev–Trinajstić information content (AvgIpc) is 2.91. The van der Waals surface area contributed by atoms with Gasteiger partial charge in [-0.25, -0.2) is 4.79 Å². The van der Waals surface area contributed by atoms with Crippen LogP contribution in [-0.2, 0) is 17.8 Å². The Morgan fingerprint density at radius 2 is 1.79 bits per heavy atom. The topological polar surface area (TPSA) is 71.1 Å². The average molecular weight is 601 g/mol.